The summed E-state index contributed by atoms with van der Waals surface area (Å²) in [6.45, 7) is 4.29. The number of nitrogens with one attached hydrogen (secondary N) is 1. The van der Waals surface area contributed by atoms with Gasteiger partial charge in [0.05, 0.1) is 0 Å². The van der Waals surface area contributed by atoms with E-state index in [0.717, 1.165) is 19.3 Å². The molecule has 0 bridgehead atoms. The minimum Gasteiger partial charge on any atom is -0.358 e. The molecule has 0 amide bonds. The number of fused-ring (bicyclic) bond motifs is 3. The maximum absolute atomic E-state index is 6.26. The van der Waals surface area contributed by atoms with E-state index in [9.17, 15) is 0 Å². The Morgan fingerprint density at radius 1 is 1.38 bits per heavy atom. The summed E-state index contributed by atoms with van der Waals surface area (Å²) < 4.78 is 0. The van der Waals surface area contributed by atoms with Crippen molar-refractivity contribution in [1.29, 1.82) is 0 Å². The monoisotopic (exact) mass is 214 g/mol. The van der Waals surface area contributed by atoms with Crippen molar-refractivity contribution in [2.75, 3.05) is 0 Å². The van der Waals surface area contributed by atoms with Crippen LogP contribution in [0.15, 0.2) is 18.2 Å². The molecule has 1 aromatic carbocycles. The van der Waals surface area contributed by atoms with Gasteiger partial charge in [0, 0.05) is 22.1 Å². The smallest absolute Gasteiger partial charge is 0.0461 e. The highest BCUT2D eigenvalue weighted by molar-refractivity contribution is 5.85. The van der Waals surface area contributed by atoms with Crippen LogP contribution in [0.25, 0.3) is 10.9 Å². The van der Waals surface area contributed by atoms with Crippen LogP contribution >= 0.6 is 0 Å². The van der Waals surface area contributed by atoms with E-state index in [2.05, 4.69) is 37.0 Å². The third-order valence-corrected chi connectivity index (χ3v) is 3.68. The number of hydrogen-bond donors (Lipinski definition) is 2. The number of aromatic amines is 1. The summed E-state index contributed by atoms with van der Waals surface area (Å²) in [5.41, 5.74) is 11.6. The second-order valence-electron chi connectivity index (χ2n) is 5.46. The molecule has 1 heterocycles. The van der Waals surface area contributed by atoms with Crippen LogP contribution in [0.1, 0.15) is 30.2 Å². The van der Waals surface area contributed by atoms with Crippen LogP contribution in [0.2, 0.25) is 0 Å². The summed E-state index contributed by atoms with van der Waals surface area (Å²) >= 11 is 0. The van der Waals surface area contributed by atoms with Crippen LogP contribution in [0.4, 0.5) is 0 Å². The van der Waals surface area contributed by atoms with Crippen molar-refractivity contribution in [2.24, 2.45) is 5.73 Å². The van der Waals surface area contributed by atoms with Crippen LogP contribution in [0.3, 0.4) is 0 Å². The molecule has 2 heteroatoms. The number of hydrogen-bond acceptors (Lipinski definition) is 1. The lowest BCUT2D eigenvalue weighted by molar-refractivity contribution is 0.408. The minimum absolute atomic E-state index is 0.0347. The van der Waals surface area contributed by atoms with Gasteiger partial charge >= 0.3 is 0 Å². The fourth-order valence-electron chi connectivity index (χ4n) is 2.74. The first kappa shape index (κ1) is 9.91. The molecular formula is C14H18N2. The van der Waals surface area contributed by atoms with Crippen LogP contribution in [0.5, 0.6) is 0 Å². The maximum atomic E-state index is 6.26. The van der Waals surface area contributed by atoms with Gasteiger partial charge in [0.25, 0.3) is 0 Å². The third kappa shape index (κ3) is 1.45. The van der Waals surface area contributed by atoms with Crippen LogP contribution in [-0.4, -0.2) is 10.5 Å². The average Bonchev–Trinajstić information content (AvgIpc) is 2.53. The number of nitrogens with two attached hydrogens (primary N) is 1. The Hall–Kier alpha value is -1.28. The molecule has 0 spiro atoms. The standard InChI is InChI=1S/C14H18N2/c1-9-3-4-10-11-8-14(2,15)6-5-12(11)16-13(10)7-9/h3-4,7,16H,5-6,8,15H2,1-2H3. The van der Waals surface area contributed by atoms with Gasteiger partial charge in [-0.25, -0.2) is 0 Å². The molecule has 3 N–H and O–H groups in total. The molecule has 1 aromatic heterocycles. The Bertz CT molecular complexity index is 549. The van der Waals surface area contributed by atoms with E-state index in [0.29, 0.717) is 0 Å². The van der Waals surface area contributed by atoms with Crippen molar-refractivity contribution < 1.29 is 0 Å². The zero-order chi connectivity index (χ0) is 11.3. The molecule has 0 fully saturated rings. The van der Waals surface area contributed by atoms with E-state index >= 15 is 0 Å². The number of benzene rings is 1. The Labute approximate surface area is 95.8 Å². The predicted octanol–water partition coefficient (Wildman–Crippen LogP) is 2.68. The first-order valence-corrected chi connectivity index (χ1v) is 5.94. The first-order chi connectivity index (χ1) is 7.55. The van der Waals surface area contributed by atoms with E-state index in [-0.39, 0.29) is 5.54 Å². The Kier molecular flexibility index (Phi) is 1.93. The Morgan fingerprint density at radius 3 is 3.00 bits per heavy atom. The highest BCUT2D eigenvalue weighted by atomic mass is 14.8. The van der Waals surface area contributed by atoms with Crippen molar-refractivity contribution in [3.8, 4) is 0 Å². The van der Waals surface area contributed by atoms with Crippen LogP contribution < -0.4 is 5.73 Å². The SMILES string of the molecule is Cc1ccc2c3c([nH]c2c1)CCC(C)(N)C3. The van der Waals surface area contributed by atoms with Gasteiger partial charge in [-0.05, 0) is 50.3 Å². The summed E-state index contributed by atoms with van der Waals surface area (Å²) in [5.74, 6) is 0. The molecule has 84 valence electrons. The normalized spacial score (nSPS) is 24.7. The molecule has 0 radical (unpaired) electrons. The molecule has 1 aliphatic carbocycles. The van der Waals surface area contributed by atoms with Crippen molar-refractivity contribution in [2.45, 2.75) is 38.6 Å². The van der Waals surface area contributed by atoms with E-state index in [4.69, 9.17) is 5.73 Å². The average molecular weight is 214 g/mol. The van der Waals surface area contributed by atoms with Gasteiger partial charge < -0.3 is 10.7 Å². The molecule has 1 aliphatic rings. The number of rotatable bonds is 0. The molecule has 2 nitrogen and oxygen atoms in total. The van der Waals surface area contributed by atoms with Gasteiger partial charge in [-0.3, -0.25) is 0 Å². The fourth-order valence-corrected chi connectivity index (χ4v) is 2.74. The maximum Gasteiger partial charge on any atom is 0.0461 e. The lowest BCUT2D eigenvalue weighted by atomic mass is 9.82. The second-order valence-corrected chi connectivity index (χ2v) is 5.46. The van der Waals surface area contributed by atoms with Gasteiger partial charge in [0.1, 0.15) is 0 Å². The Morgan fingerprint density at radius 2 is 2.19 bits per heavy atom. The van der Waals surface area contributed by atoms with Crippen LogP contribution in [-0.2, 0) is 12.8 Å². The number of aryl methyl sites for hydroxylation is 2. The molecule has 2 aromatic rings. The zero-order valence-electron chi connectivity index (χ0n) is 9.93. The molecule has 3 rings (SSSR count). The van der Waals surface area contributed by atoms with Crippen molar-refractivity contribution in [3.05, 3.63) is 35.0 Å². The predicted molar refractivity (Wildman–Crippen MR) is 67.7 cm³/mol. The fraction of sp³-hybridized carbons (Fsp3) is 0.429. The summed E-state index contributed by atoms with van der Waals surface area (Å²) in [6.07, 6.45) is 3.15. The molecule has 0 aliphatic heterocycles. The molecule has 0 saturated carbocycles. The lowest BCUT2D eigenvalue weighted by Crippen LogP contribution is -2.41. The van der Waals surface area contributed by atoms with Gasteiger partial charge in [-0.15, -0.1) is 0 Å². The quantitative estimate of drug-likeness (QED) is 0.695. The highest BCUT2D eigenvalue weighted by Gasteiger charge is 2.28. The lowest BCUT2D eigenvalue weighted by Gasteiger charge is -2.29. The van der Waals surface area contributed by atoms with Crippen molar-refractivity contribution in [3.63, 3.8) is 0 Å². The van der Waals surface area contributed by atoms with Gasteiger partial charge in [0.15, 0.2) is 0 Å². The van der Waals surface area contributed by atoms with Crippen LogP contribution in [0, 0.1) is 6.92 Å². The van der Waals surface area contributed by atoms with Gasteiger partial charge in [0.2, 0.25) is 0 Å². The molecule has 0 saturated heterocycles. The van der Waals surface area contributed by atoms with Crippen molar-refractivity contribution in [1.82, 2.24) is 4.98 Å². The zero-order valence-corrected chi connectivity index (χ0v) is 9.93. The largest absolute Gasteiger partial charge is 0.358 e. The van der Waals surface area contributed by atoms with E-state index < -0.39 is 0 Å². The number of aromatic nitrogens is 1. The molecule has 1 atom stereocenters. The van der Waals surface area contributed by atoms with Gasteiger partial charge in [-0.1, -0.05) is 12.1 Å². The molecule has 16 heavy (non-hydrogen) atoms. The van der Waals surface area contributed by atoms with E-state index in [1.54, 1.807) is 0 Å². The summed E-state index contributed by atoms with van der Waals surface area (Å²) in [4.78, 5) is 3.54. The number of H-pyrrole nitrogens is 1. The minimum atomic E-state index is -0.0347. The third-order valence-electron chi connectivity index (χ3n) is 3.68. The highest BCUT2D eigenvalue weighted by Crippen LogP contribution is 2.32. The topological polar surface area (TPSA) is 41.8 Å². The first-order valence-electron chi connectivity index (χ1n) is 5.94. The van der Waals surface area contributed by atoms with E-state index in [1.165, 1.54) is 27.7 Å². The summed E-state index contributed by atoms with van der Waals surface area (Å²) in [7, 11) is 0. The Balaban J connectivity index is 2.22. The van der Waals surface area contributed by atoms with Crippen molar-refractivity contribution >= 4 is 10.9 Å². The van der Waals surface area contributed by atoms with E-state index in [1.807, 2.05) is 0 Å². The van der Waals surface area contributed by atoms with Gasteiger partial charge in [-0.2, -0.15) is 0 Å². The molecular weight excluding hydrogens is 196 g/mol. The molecule has 1 unspecified atom stereocenters. The summed E-state index contributed by atoms with van der Waals surface area (Å²) in [5, 5.41) is 1.36. The summed E-state index contributed by atoms with van der Waals surface area (Å²) in [6, 6.07) is 6.63. The second kappa shape index (κ2) is 3.11.